The molecule has 1 heterocycles. The van der Waals surface area contributed by atoms with E-state index in [0.29, 0.717) is 12.1 Å². The molecule has 1 amide bonds. The quantitative estimate of drug-likeness (QED) is 0.434. The molecular weight excluding hydrogens is 382 g/mol. The zero-order valence-corrected chi connectivity index (χ0v) is 19.1. The lowest BCUT2D eigenvalue weighted by Crippen LogP contribution is -3.06. The molecule has 2 N–H and O–H groups in total. The van der Waals surface area contributed by atoms with Crippen molar-refractivity contribution in [3.63, 3.8) is 0 Å². The van der Waals surface area contributed by atoms with Crippen LogP contribution in [0.2, 0.25) is 0 Å². The molecule has 1 aromatic heterocycles. The maximum Gasteiger partial charge on any atom is 0.251 e. The minimum atomic E-state index is -0.0201. The first-order chi connectivity index (χ1) is 14.0. The number of carbonyl (C=O) groups excluding carboxylic acids is 1. The van der Waals surface area contributed by atoms with Gasteiger partial charge in [-0.05, 0) is 38.0 Å². The molecule has 0 aliphatic rings. The summed E-state index contributed by atoms with van der Waals surface area (Å²) >= 11 is 1.63. The number of carbonyl (C=O) groups is 1. The second-order valence-corrected chi connectivity index (χ2v) is 8.17. The molecule has 0 saturated carbocycles. The Hall–Kier alpha value is -2.12. The van der Waals surface area contributed by atoms with Crippen molar-refractivity contribution in [3.05, 3.63) is 47.2 Å². The van der Waals surface area contributed by atoms with E-state index < -0.39 is 0 Å². The number of quaternary nitrogens is 1. The number of thioether (sulfide) groups is 1. The van der Waals surface area contributed by atoms with Crippen LogP contribution in [0.3, 0.4) is 0 Å². The number of hydrogen-bond donors (Lipinski definition) is 2. The van der Waals surface area contributed by atoms with E-state index in [2.05, 4.69) is 56.1 Å². The number of aromatic nitrogens is 2. The van der Waals surface area contributed by atoms with Crippen LogP contribution in [0, 0.1) is 0 Å². The van der Waals surface area contributed by atoms with Crippen molar-refractivity contribution < 1.29 is 9.69 Å². The predicted octanol–water partition coefficient (Wildman–Crippen LogP) is 2.05. The van der Waals surface area contributed by atoms with Crippen LogP contribution < -0.4 is 15.1 Å². The Kier molecular flexibility index (Phi) is 9.41. The van der Waals surface area contributed by atoms with Crippen LogP contribution in [0.5, 0.6) is 0 Å². The van der Waals surface area contributed by atoms with Gasteiger partial charge < -0.3 is 15.1 Å². The predicted molar refractivity (Wildman–Crippen MR) is 121 cm³/mol. The summed E-state index contributed by atoms with van der Waals surface area (Å²) in [5.41, 5.74) is 2.91. The second kappa shape index (κ2) is 11.8. The lowest BCUT2D eigenvalue weighted by molar-refractivity contribution is -0.856. The van der Waals surface area contributed by atoms with Gasteiger partial charge >= 0.3 is 0 Å². The van der Waals surface area contributed by atoms with Crippen LogP contribution in [0.1, 0.15) is 42.4 Å². The van der Waals surface area contributed by atoms with Crippen molar-refractivity contribution in [3.8, 4) is 0 Å². The van der Waals surface area contributed by atoms with E-state index in [0.717, 1.165) is 54.0 Å². The van der Waals surface area contributed by atoms with Crippen LogP contribution in [0.15, 0.2) is 35.5 Å². The van der Waals surface area contributed by atoms with E-state index in [1.165, 1.54) is 4.90 Å². The molecule has 1 aromatic carbocycles. The molecule has 7 heteroatoms. The number of rotatable bonds is 11. The van der Waals surface area contributed by atoms with Gasteiger partial charge in [0.25, 0.3) is 5.91 Å². The van der Waals surface area contributed by atoms with E-state index in [1.54, 1.807) is 11.8 Å². The summed E-state index contributed by atoms with van der Waals surface area (Å²) in [6.07, 6.45) is 0.892. The smallest absolute Gasteiger partial charge is 0.251 e. The number of amides is 1. The number of hydrogen-bond acceptors (Lipinski definition) is 5. The Morgan fingerprint density at radius 3 is 2.38 bits per heavy atom. The zero-order chi connectivity index (χ0) is 21.2. The van der Waals surface area contributed by atoms with Gasteiger partial charge in [-0.3, -0.25) is 4.79 Å². The first-order valence-corrected chi connectivity index (χ1v) is 11.4. The summed E-state index contributed by atoms with van der Waals surface area (Å²) in [6.45, 7) is 9.85. The molecule has 0 spiro atoms. The molecule has 6 nitrogen and oxygen atoms in total. The van der Waals surface area contributed by atoms with Crippen LogP contribution in [-0.2, 0) is 12.2 Å². The molecular formula is C22H34N5OS+. The van der Waals surface area contributed by atoms with Crippen molar-refractivity contribution in [2.45, 2.75) is 38.1 Å². The van der Waals surface area contributed by atoms with Gasteiger partial charge in [0.15, 0.2) is 5.16 Å². The van der Waals surface area contributed by atoms with Crippen molar-refractivity contribution in [1.29, 1.82) is 0 Å². The van der Waals surface area contributed by atoms with Crippen molar-refractivity contribution in [2.24, 2.45) is 0 Å². The molecule has 0 aliphatic heterocycles. The molecule has 0 fully saturated rings. The van der Waals surface area contributed by atoms with Crippen LogP contribution in [0.4, 0.5) is 5.82 Å². The average Bonchev–Trinajstić information content (AvgIpc) is 2.73. The maximum atomic E-state index is 12.2. The fraction of sp³-hybridized carbons (Fsp3) is 0.500. The normalized spacial score (nSPS) is 11.0. The highest BCUT2D eigenvalue weighted by Gasteiger charge is 2.10. The Bertz CT molecular complexity index is 775. The van der Waals surface area contributed by atoms with E-state index >= 15 is 0 Å². The fourth-order valence-corrected chi connectivity index (χ4v) is 3.67. The molecule has 0 saturated heterocycles. The third kappa shape index (κ3) is 7.33. The number of benzene rings is 1. The monoisotopic (exact) mass is 416 g/mol. The molecule has 0 bridgehead atoms. The van der Waals surface area contributed by atoms with E-state index in [-0.39, 0.29) is 5.91 Å². The molecule has 2 rings (SSSR count). The number of aryl methyl sites for hydroxylation is 1. The topological polar surface area (TPSA) is 62.6 Å². The van der Waals surface area contributed by atoms with Gasteiger partial charge in [-0.25, -0.2) is 9.97 Å². The fourth-order valence-electron chi connectivity index (χ4n) is 2.84. The summed E-state index contributed by atoms with van der Waals surface area (Å²) < 4.78 is 0. The van der Waals surface area contributed by atoms with Crippen LogP contribution in [-0.4, -0.2) is 56.1 Å². The maximum absolute atomic E-state index is 12.2. The third-order valence-corrected chi connectivity index (χ3v) is 5.61. The lowest BCUT2D eigenvalue weighted by atomic mass is 10.1. The molecule has 0 aliphatic carbocycles. The van der Waals surface area contributed by atoms with Gasteiger partial charge in [0, 0.05) is 36.2 Å². The summed E-state index contributed by atoms with van der Waals surface area (Å²) in [4.78, 5) is 25.2. The van der Waals surface area contributed by atoms with Gasteiger partial charge in [-0.2, -0.15) is 0 Å². The molecule has 29 heavy (non-hydrogen) atoms. The van der Waals surface area contributed by atoms with Crippen LogP contribution >= 0.6 is 11.8 Å². The van der Waals surface area contributed by atoms with Gasteiger partial charge in [-0.1, -0.05) is 30.8 Å². The Labute approximate surface area is 179 Å². The Balaban J connectivity index is 1.99. The second-order valence-electron chi connectivity index (χ2n) is 7.22. The van der Waals surface area contributed by atoms with Gasteiger partial charge in [0.2, 0.25) is 0 Å². The van der Waals surface area contributed by atoms with Crippen molar-refractivity contribution >= 4 is 23.5 Å². The summed E-state index contributed by atoms with van der Waals surface area (Å²) in [5.74, 6) is 1.75. The third-order valence-electron chi connectivity index (χ3n) is 4.69. The lowest BCUT2D eigenvalue weighted by Gasteiger charge is -2.20. The Morgan fingerprint density at radius 1 is 1.10 bits per heavy atom. The molecule has 158 valence electrons. The van der Waals surface area contributed by atoms with Crippen molar-refractivity contribution in [2.75, 3.05) is 45.2 Å². The highest BCUT2D eigenvalue weighted by Crippen LogP contribution is 2.23. The molecule has 0 atom stereocenters. The van der Waals surface area contributed by atoms with Gasteiger partial charge in [0.1, 0.15) is 5.82 Å². The summed E-state index contributed by atoms with van der Waals surface area (Å²) in [5, 5.41) is 3.76. The first kappa shape index (κ1) is 23.2. The Morgan fingerprint density at radius 2 is 1.79 bits per heavy atom. The minimum Gasteiger partial charge on any atom is -0.357 e. The molecule has 0 radical (unpaired) electrons. The van der Waals surface area contributed by atoms with E-state index in [9.17, 15) is 4.79 Å². The first-order valence-electron chi connectivity index (χ1n) is 10.4. The standard InChI is InChI=1S/C22H33N5OS/c1-6-19-15-20(27(7-2)8-3)25-22(24-19)29-16-17-9-11-18(12-10-17)21(28)23-13-14-26(4)5/h9-12,15H,6-8,13-14,16H2,1-5H3,(H,23,28)/p+1. The number of nitrogens with zero attached hydrogens (tertiary/aromatic N) is 3. The van der Waals surface area contributed by atoms with E-state index in [1.807, 2.05) is 24.3 Å². The average molecular weight is 417 g/mol. The zero-order valence-electron chi connectivity index (χ0n) is 18.3. The SMILES string of the molecule is CCc1cc(N(CC)CC)nc(SCc2ccc(C(=O)NCC[NH+](C)C)cc2)n1. The number of nitrogens with one attached hydrogen (secondary N) is 2. The highest BCUT2D eigenvalue weighted by atomic mass is 32.2. The minimum absolute atomic E-state index is 0.0201. The van der Waals surface area contributed by atoms with Crippen molar-refractivity contribution in [1.82, 2.24) is 15.3 Å². The van der Waals surface area contributed by atoms with Gasteiger partial charge in [-0.15, -0.1) is 0 Å². The largest absolute Gasteiger partial charge is 0.357 e. The summed E-state index contributed by atoms with van der Waals surface area (Å²) in [6, 6.07) is 9.88. The molecule has 2 aromatic rings. The van der Waals surface area contributed by atoms with Gasteiger partial charge in [0.05, 0.1) is 27.2 Å². The highest BCUT2D eigenvalue weighted by molar-refractivity contribution is 7.98. The van der Waals surface area contributed by atoms with Crippen LogP contribution in [0.25, 0.3) is 0 Å². The number of anilines is 1. The summed E-state index contributed by atoms with van der Waals surface area (Å²) in [7, 11) is 4.15. The van der Waals surface area contributed by atoms with E-state index in [4.69, 9.17) is 4.98 Å². The molecule has 0 unspecified atom stereocenters. The number of likely N-dealkylation sites (N-methyl/N-ethyl adjacent to an activating group) is 1.